The lowest BCUT2D eigenvalue weighted by atomic mass is 9.86. The third-order valence-corrected chi connectivity index (χ3v) is 14.1. The number of ether oxygens (including phenoxy) is 1. The average Bonchev–Trinajstić information content (AvgIpc) is 3.29. The summed E-state index contributed by atoms with van der Waals surface area (Å²) < 4.78 is 62.2. The summed E-state index contributed by atoms with van der Waals surface area (Å²) in [5, 5.41) is 24.8. The van der Waals surface area contributed by atoms with Crippen molar-refractivity contribution in [3.05, 3.63) is 114 Å². The molecule has 0 saturated heterocycles. The number of phenolic OH excluding ortho intramolecular Hbond substituents is 2. The Morgan fingerprint density at radius 3 is 1.52 bits per heavy atom. The molecule has 5 rings (SSSR count). The zero-order valence-electron chi connectivity index (χ0n) is 39.7. The quantitative estimate of drug-likeness (QED) is 0.0207. The number of aromatic hydroxyl groups is 2. The molecule has 11 nitrogen and oxygen atoms in total. The Hall–Kier alpha value is -5.27. The van der Waals surface area contributed by atoms with Crippen LogP contribution in [0.25, 0.3) is 10.8 Å². The van der Waals surface area contributed by atoms with Gasteiger partial charge in [-0.15, -0.1) is 0 Å². The molecule has 5 aromatic carbocycles. The van der Waals surface area contributed by atoms with Crippen LogP contribution in [0, 0.1) is 0 Å². The van der Waals surface area contributed by atoms with E-state index in [9.17, 15) is 31.8 Å². The van der Waals surface area contributed by atoms with Gasteiger partial charge in [-0.25, -0.2) is 16.8 Å². The molecule has 0 saturated carbocycles. The number of carbonyl (C=O) groups is 1. The Balaban J connectivity index is 0.000000301. The summed E-state index contributed by atoms with van der Waals surface area (Å²) in [6.07, 6.45) is 20.1. The average molecular weight is 944 g/mol. The second-order valence-electron chi connectivity index (χ2n) is 17.9. The molecule has 0 radical (unpaired) electrons. The van der Waals surface area contributed by atoms with Crippen LogP contribution in [0.1, 0.15) is 153 Å². The third-order valence-electron chi connectivity index (χ3n) is 11.3. The molecule has 13 heteroatoms. The smallest absolute Gasteiger partial charge is 0.262 e. The highest BCUT2D eigenvalue weighted by molar-refractivity contribution is 7.93. The van der Waals surface area contributed by atoms with E-state index in [2.05, 4.69) is 21.7 Å². The van der Waals surface area contributed by atoms with Crippen LogP contribution >= 0.6 is 0 Å². The number of nitrogens with one attached hydrogen (secondary N) is 3. The molecule has 0 bridgehead atoms. The number of hydrogen-bond acceptors (Lipinski definition) is 8. The maximum atomic E-state index is 12.8. The first-order valence-electron chi connectivity index (χ1n) is 23.8. The van der Waals surface area contributed by atoms with E-state index in [-0.39, 0.29) is 43.6 Å². The van der Waals surface area contributed by atoms with Crippen LogP contribution in [0.2, 0.25) is 0 Å². The van der Waals surface area contributed by atoms with Gasteiger partial charge in [-0.3, -0.25) is 14.2 Å². The fourth-order valence-corrected chi connectivity index (χ4v) is 9.71. The molecule has 360 valence electrons. The number of benzene rings is 5. The number of amides is 1. The predicted molar refractivity (Wildman–Crippen MR) is 270 cm³/mol. The first-order valence-corrected chi connectivity index (χ1v) is 26.7. The Morgan fingerprint density at radius 2 is 1.02 bits per heavy atom. The number of anilines is 2. The monoisotopic (exact) mass is 943 g/mol. The molecule has 0 aliphatic heterocycles. The van der Waals surface area contributed by atoms with Gasteiger partial charge >= 0.3 is 0 Å². The van der Waals surface area contributed by atoms with Crippen molar-refractivity contribution in [1.29, 1.82) is 0 Å². The summed E-state index contributed by atoms with van der Waals surface area (Å²) in [5.74, 6) is -0.162. The molecular formula is C53H73N3O8S2. The van der Waals surface area contributed by atoms with Gasteiger partial charge in [0.15, 0.2) is 0 Å². The summed E-state index contributed by atoms with van der Waals surface area (Å²) in [6.45, 7) is 11.5. The van der Waals surface area contributed by atoms with Gasteiger partial charge in [0.25, 0.3) is 26.0 Å². The summed E-state index contributed by atoms with van der Waals surface area (Å²) in [6, 6.07) is 27.5. The number of carbonyl (C=O) groups excluding carboxylic acids is 1. The van der Waals surface area contributed by atoms with E-state index < -0.39 is 26.0 Å². The lowest BCUT2D eigenvalue weighted by Gasteiger charge is -2.24. The molecule has 5 aromatic rings. The van der Waals surface area contributed by atoms with Gasteiger partial charge in [0.05, 0.1) is 33.3 Å². The summed E-state index contributed by atoms with van der Waals surface area (Å²) in [4.78, 5) is 12.8. The normalized spacial score (nSPS) is 11.7. The highest BCUT2D eigenvalue weighted by atomic mass is 32.2. The van der Waals surface area contributed by atoms with Gasteiger partial charge in [-0.1, -0.05) is 185 Å². The van der Waals surface area contributed by atoms with Gasteiger partial charge < -0.3 is 20.3 Å². The molecule has 1 amide bonds. The van der Waals surface area contributed by atoms with E-state index in [0.717, 1.165) is 31.2 Å². The largest absolute Gasteiger partial charge is 0.506 e. The first kappa shape index (κ1) is 53.3. The summed E-state index contributed by atoms with van der Waals surface area (Å²) in [5.41, 5.74) is 0.985. The minimum absolute atomic E-state index is 0.0283. The molecule has 0 heterocycles. The van der Waals surface area contributed by atoms with E-state index in [4.69, 9.17) is 4.74 Å². The van der Waals surface area contributed by atoms with E-state index in [1.54, 1.807) is 66.7 Å². The molecular weight excluding hydrogens is 871 g/mol. The van der Waals surface area contributed by atoms with Crippen molar-refractivity contribution in [2.45, 2.75) is 153 Å². The van der Waals surface area contributed by atoms with E-state index in [1.165, 1.54) is 113 Å². The van der Waals surface area contributed by atoms with Gasteiger partial charge in [0.2, 0.25) is 0 Å². The first-order chi connectivity index (χ1) is 31.6. The van der Waals surface area contributed by atoms with Crippen molar-refractivity contribution >= 4 is 48.1 Å². The van der Waals surface area contributed by atoms with Crippen LogP contribution in [-0.2, 0) is 25.5 Å². The Morgan fingerprint density at radius 1 is 0.561 bits per heavy atom. The van der Waals surface area contributed by atoms with Crippen LogP contribution in [0.3, 0.4) is 0 Å². The number of hydrogen-bond donors (Lipinski definition) is 5. The molecule has 0 spiro atoms. The second-order valence-corrected chi connectivity index (χ2v) is 21.2. The zero-order chi connectivity index (χ0) is 48.0. The highest BCUT2D eigenvalue weighted by Crippen LogP contribution is 2.40. The fourth-order valence-electron chi connectivity index (χ4n) is 7.53. The van der Waals surface area contributed by atoms with Crippen LogP contribution in [0.4, 0.5) is 11.4 Å². The molecule has 0 unspecified atom stereocenters. The van der Waals surface area contributed by atoms with Crippen molar-refractivity contribution in [1.82, 2.24) is 5.32 Å². The van der Waals surface area contributed by atoms with Crippen LogP contribution in [0.5, 0.6) is 17.2 Å². The molecule has 0 atom stereocenters. The third kappa shape index (κ3) is 16.9. The van der Waals surface area contributed by atoms with Crippen LogP contribution < -0.4 is 19.5 Å². The summed E-state index contributed by atoms with van der Waals surface area (Å²) >= 11 is 0. The topological polar surface area (TPSA) is 171 Å². The molecule has 0 aliphatic carbocycles. The zero-order valence-corrected chi connectivity index (χ0v) is 41.3. The lowest BCUT2D eigenvalue weighted by molar-refractivity contribution is 0.0950. The van der Waals surface area contributed by atoms with Gasteiger partial charge in [-0.2, -0.15) is 0 Å². The van der Waals surface area contributed by atoms with Crippen molar-refractivity contribution in [3.63, 3.8) is 0 Å². The number of fused-ring (bicyclic) bond motifs is 1. The van der Waals surface area contributed by atoms with E-state index in [0.29, 0.717) is 29.7 Å². The number of phenols is 2. The van der Waals surface area contributed by atoms with Crippen molar-refractivity contribution in [3.8, 4) is 17.2 Å². The number of sulfonamides is 2. The SMILES string of the molecule is CCCCCCCCCCCCCCCCOc1cc(O)c(NS(=O)(=O)c2ccccc2)cc1C(C)(C)C.CCCCNC(=O)c1cc(NS(=O)(=O)c2ccccc2)c2ccccc2c1O. The van der Waals surface area contributed by atoms with Crippen molar-refractivity contribution < 1.29 is 36.6 Å². The van der Waals surface area contributed by atoms with Gasteiger partial charge in [0.1, 0.15) is 17.2 Å². The summed E-state index contributed by atoms with van der Waals surface area (Å²) in [7, 11) is -7.65. The van der Waals surface area contributed by atoms with Crippen LogP contribution in [0.15, 0.2) is 113 Å². The molecule has 0 aliphatic rings. The van der Waals surface area contributed by atoms with E-state index >= 15 is 0 Å². The van der Waals surface area contributed by atoms with Gasteiger partial charge in [0, 0.05) is 28.9 Å². The highest BCUT2D eigenvalue weighted by Gasteiger charge is 2.25. The molecule has 0 aromatic heterocycles. The predicted octanol–water partition coefficient (Wildman–Crippen LogP) is 13.2. The Bertz CT molecular complexity index is 2470. The molecule has 66 heavy (non-hydrogen) atoms. The Kier molecular flexibility index (Phi) is 21.6. The molecule has 0 fully saturated rings. The van der Waals surface area contributed by atoms with Crippen molar-refractivity contribution in [2.75, 3.05) is 22.6 Å². The second kappa shape index (κ2) is 26.8. The standard InChI is InChI=1S/C32H51NO4S.C21H22N2O4S/c1-5-6-7-8-9-10-11-12-13-14-15-16-17-21-24-37-31-26-30(34)29(25-28(31)32(2,3)4)33-38(35,36)27-22-19-18-20-23-27;1-2-3-13-22-21(25)18-14-19(16-11-7-8-12-17(16)20(18)24)23-28(26,27)15-9-5-4-6-10-15/h18-20,22-23,25-26,33-34H,5-17,21,24H2,1-4H3;4-12,14,23-24H,2-3,13H2,1H3,(H,22,25). The maximum Gasteiger partial charge on any atom is 0.262 e. The fraction of sp³-hybridized carbons (Fsp3) is 0.453. The van der Waals surface area contributed by atoms with Gasteiger partial charge in [-0.05, 0) is 54.7 Å². The lowest BCUT2D eigenvalue weighted by Crippen LogP contribution is -2.24. The van der Waals surface area contributed by atoms with Crippen molar-refractivity contribution in [2.24, 2.45) is 0 Å². The Labute approximate surface area is 394 Å². The van der Waals surface area contributed by atoms with Crippen LogP contribution in [-0.4, -0.2) is 46.1 Å². The minimum Gasteiger partial charge on any atom is -0.506 e. The van der Waals surface area contributed by atoms with E-state index in [1.807, 2.05) is 27.7 Å². The number of unbranched alkanes of at least 4 members (excludes halogenated alkanes) is 14. The maximum absolute atomic E-state index is 12.8. The minimum atomic E-state index is -3.84. The molecule has 5 N–H and O–H groups in total. The number of rotatable bonds is 26.